The molecular formula is C7H11NO. The molecule has 2 fully saturated rings. The van der Waals surface area contributed by atoms with Gasteiger partial charge in [-0.3, -0.25) is 4.79 Å². The highest BCUT2D eigenvalue weighted by molar-refractivity contribution is 5.77. The first-order valence-electron chi connectivity index (χ1n) is 3.63. The second-order valence-corrected chi connectivity index (χ2v) is 3.11. The SMILES string of the molecule is O=C1C[C@@H]2CC[C@@H]2CN1. The van der Waals surface area contributed by atoms with Gasteiger partial charge in [0.15, 0.2) is 0 Å². The van der Waals surface area contributed by atoms with Gasteiger partial charge >= 0.3 is 0 Å². The van der Waals surface area contributed by atoms with Crippen molar-refractivity contribution in [2.24, 2.45) is 11.8 Å². The fourth-order valence-electron chi connectivity index (χ4n) is 1.73. The van der Waals surface area contributed by atoms with Crippen molar-refractivity contribution in [3.05, 3.63) is 0 Å². The third-order valence-electron chi connectivity index (χ3n) is 2.58. The number of rotatable bonds is 0. The molecule has 1 N–H and O–H groups in total. The molecular weight excluding hydrogens is 114 g/mol. The standard InChI is InChI=1S/C7H11NO/c9-7-3-5-1-2-6(5)4-8-7/h5-6H,1-4H2,(H,8,9)/t5-,6+/m0/s1. The summed E-state index contributed by atoms with van der Waals surface area (Å²) in [6, 6.07) is 0. The lowest BCUT2D eigenvalue weighted by Crippen LogP contribution is -2.45. The molecule has 1 amide bonds. The average molecular weight is 125 g/mol. The lowest BCUT2D eigenvalue weighted by Gasteiger charge is -2.39. The molecule has 1 saturated carbocycles. The Kier molecular flexibility index (Phi) is 1.01. The Morgan fingerprint density at radius 1 is 1.33 bits per heavy atom. The van der Waals surface area contributed by atoms with Crippen LogP contribution in [0.4, 0.5) is 0 Å². The van der Waals surface area contributed by atoms with Gasteiger partial charge in [0.1, 0.15) is 0 Å². The Morgan fingerprint density at radius 3 is 2.56 bits per heavy atom. The van der Waals surface area contributed by atoms with Crippen LogP contribution in [-0.4, -0.2) is 12.5 Å². The van der Waals surface area contributed by atoms with Crippen molar-refractivity contribution in [2.45, 2.75) is 19.3 Å². The molecule has 2 atom stereocenters. The lowest BCUT2D eigenvalue weighted by atomic mass is 9.70. The van der Waals surface area contributed by atoms with Crippen molar-refractivity contribution in [3.8, 4) is 0 Å². The van der Waals surface area contributed by atoms with Crippen LogP contribution < -0.4 is 5.32 Å². The second-order valence-electron chi connectivity index (χ2n) is 3.11. The topological polar surface area (TPSA) is 29.1 Å². The van der Waals surface area contributed by atoms with Crippen molar-refractivity contribution in [1.82, 2.24) is 5.32 Å². The number of carbonyl (C=O) groups excluding carboxylic acids is 1. The third kappa shape index (κ3) is 0.732. The predicted octanol–water partition coefficient (Wildman–Crippen LogP) is 0.532. The minimum Gasteiger partial charge on any atom is -0.356 e. The fraction of sp³-hybridized carbons (Fsp3) is 0.857. The summed E-state index contributed by atoms with van der Waals surface area (Å²) in [6.07, 6.45) is 3.42. The first kappa shape index (κ1) is 5.27. The quantitative estimate of drug-likeness (QED) is 0.502. The van der Waals surface area contributed by atoms with E-state index in [0.29, 0.717) is 0 Å². The highest BCUT2D eigenvalue weighted by Crippen LogP contribution is 2.37. The van der Waals surface area contributed by atoms with Gasteiger partial charge in [0.05, 0.1) is 0 Å². The normalized spacial score (nSPS) is 40.7. The number of hydrogen-bond acceptors (Lipinski definition) is 1. The summed E-state index contributed by atoms with van der Waals surface area (Å²) in [6.45, 7) is 0.948. The number of hydrogen-bond donors (Lipinski definition) is 1. The van der Waals surface area contributed by atoms with E-state index in [0.717, 1.165) is 24.8 Å². The largest absolute Gasteiger partial charge is 0.356 e. The van der Waals surface area contributed by atoms with E-state index in [4.69, 9.17) is 0 Å². The van der Waals surface area contributed by atoms with Gasteiger partial charge in [-0.25, -0.2) is 0 Å². The predicted molar refractivity (Wildman–Crippen MR) is 33.8 cm³/mol. The Morgan fingerprint density at radius 2 is 2.11 bits per heavy atom. The number of fused-ring (bicyclic) bond motifs is 1. The second kappa shape index (κ2) is 1.72. The van der Waals surface area contributed by atoms with Gasteiger partial charge in [-0.15, -0.1) is 0 Å². The van der Waals surface area contributed by atoms with E-state index in [9.17, 15) is 4.79 Å². The maximum absolute atomic E-state index is 10.7. The Bertz CT molecular complexity index is 144. The third-order valence-corrected chi connectivity index (χ3v) is 2.58. The number of piperidine rings is 1. The van der Waals surface area contributed by atoms with Crippen LogP contribution in [0.3, 0.4) is 0 Å². The van der Waals surface area contributed by atoms with Gasteiger partial charge in [-0.1, -0.05) is 0 Å². The highest BCUT2D eigenvalue weighted by atomic mass is 16.1. The van der Waals surface area contributed by atoms with Crippen molar-refractivity contribution in [2.75, 3.05) is 6.54 Å². The lowest BCUT2D eigenvalue weighted by molar-refractivity contribution is -0.126. The summed E-state index contributed by atoms with van der Waals surface area (Å²) in [5.74, 6) is 1.84. The summed E-state index contributed by atoms with van der Waals surface area (Å²) in [4.78, 5) is 10.7. The molecule has 2 heteroatoms. The summed E-state index contributed by atoms with van der Waals surface area (Å²) < 4.78 is 0. The highest BCUT2D eigenvalue weighted by Gasteiger charge is 2.35. The molecule has 1 heterocycles. The van der Waals surface area contributed by atoms with Crippen LogP contribution in [-0.2, 0) is 4.79 Å². The van der Waals surface area contributed by atoms with E-state index >= 15 is 0 Å². The molecule has 2 rings (SSSR count). The Hall–Kier alpha value is -0.530. The zero-order valence-corrected chi connectivity index (χ0v) is 5.39. The van der Waals surface area contributed by atoms with Gasteiger partial charge in [-0.05, 0) is 24.7 Å². The van der Waals surface area contributed by atoms with Gasteiger partial charge in [0, 0.05) is 13.0 Å². The number of nitrogens with one attached hydrogen (secondary N) is 1. The Balaban J connectivity index is 1.99. The van der Waals surface area contributed by atoms with Crippen LogP contribution >= 0.6 is 0 Å². The van der Waals surface area contributed by atoms with E-state index in [1.165, 1.54) is 12.8 Å². The maximum Gasteiger partial charge on any atom is 0.220 e. The van der Waals surface area contributed by atoms with Crippen molar-refractivity contribution < 1.29 is 4.79 Å². The summed E-state index contributed by atoms with van der Waals surface area (Å²) in [5, 5.41) is 2.87. The van der Waals surface area contributed by atoms with Gasteiger partial charge in [0.25, 0.3) is 0 Å². The molecule has 1 aliphatic carbocycles. The van der Waals surface area contributed by atoms with E-state index in [1.54, 1.807) is 0 Å². The molecule has 9 heavy (non-hydrogen) atoms. The average Bonchev–Trinajstić information content (AvgIpc) is 1.78. The monoisotopic (exact) mass is 125 g/mol. The van der Waals surface area contributed by atoms with Crippen molar-refractivity contribution in [3.63, 3.8) is 0 Å². The molecule has 2 nitrogen and oxygen atoms in total. The summed E-state index contributed by atoms with van der Waals surface area (Å²) >= 11 is 0. The molecule has 0 aromatic carbocycles. The summed E-state index contributed by atoms with van der Waals surface area (Å²) in [7, 11) is 0. The number of amides is 1. The minimum atomic E-state index is 0.260. The van der Waals surface area contributed by atoms with E-state index in [1.807, 2.05) is 0 Å². The zero-order valence-electron chi connectivity index (χ0n) is 5.39. The molecule has 0 aromatic rings. The van der Waals surface area contributed by atoms with Gasteiger partial charge in [-0.2, -0.15) is 0 Å². The van der Waals surface area contributed by atoms with Crippen LogP contribution in [0, 0.1) is 11.8 Å². The van der Waals surface area contributed by atoms with E-state index < -0.39 is 0 Å². The molecule has 1 saturated heterocycles. The molecule has 2 aliphatic rings. The van der Waals surface area contributed by atoms with Crippen LogP contribution in [0.1, 0.15) is 19.3 Å². The van der Waals surface area contributed by atoms with Gasteiger partial charge in [0.2, 0.25) is 5.91 Å². The fourth-order valence-corrected chi connectivity index (χ4v) is 1.73. The summed E-state index contributed by atoms with van der Waals surface area (Å²) in [5.41, 5.74) is 0. The first-order chi connectivity index (χ1) is 4.36. The number of carbonyl (C=O) groups is 1. The van der Waals surface area contributed by atoms with Crippen LogP contribution in [0.5, 0.6) is 0 Å². The van der Waals surface area contributed by atoms with Crippen LogP contribution in [0.25, 0.3) is 0 Å². The molecule has 1 aliphatic heterocycles. The first-order valence-corrected chi connectivity index (χ1v) is 3.63. The molecule has 50 valence electrons. The molecule has 0 bridgehead atoms. The van der Waals surface area contributed by atoms with Crippen molar-refractivity contribution >= 4 is 5.91 Å². The minimum absolute atomic E-state index is 0.260. The Labute approximate surface area is 54.6 Å². The van der Waals surface area contributed by atoms with Crippen molar-refractivity contribution in [1.29, 1.82) is 0 Å². The van der Waals surface area contributed by atoms with Crippen LogP contribution in [0.15, 0.2) is 0 Å². The molecule has 0 unspecified atom stereocenters. The van der Waals surface area contributed by atoms with Crippen LogP contribution in [0.2, 0.25) is 0 Å². The van der Waals surface area contributed by atoms with E-state index in [-0.39, 0.29) is 5.91 Å². The smallest absolute Gasteiger partial charge is 0.220 e. The maximum atomic E-state index is 10.7. The van der Waals surface area contributed by atoms with E-state index in [2.05, 4.69) is 5.32 Å². The molecule has 0 spiro atoms. The molecule has 0 aromatic heterocycles. The molecule has 0 radical (unpaired) electrons. The zero-order chi connectivity index (χ0) is 6.27. The van der Waals surface area contributed by atoms with Gasteiger partial charge < -0.3 is 5.32 Å².